The van der Waals surface area contributed by atoms with E-state index in [1.54, 1.807) is 12.1 Å². The van der Waals surface area contributed by atoms with Gasteiger partial charge in [0.05, 0.1) is 0 Å². The van der Waals surface area contributed by atoms with Crippen LogP contribution in [-0.4, -0.2) is 58.0 Å². The van der Waals surface area contributed by atoms with E-state index in [-0.39, 0.29) is 4.90 Å². The molecule has 6 nitrogen and oxygen atoms in total. The third-order valence-electron chi connectivity index (χ3n) is 3.01. The molecule has 1 heterocycles. The lowest BCUT2D eigenvalue weighted by molar-refractivity contribution is 0.520. The fourth-order valence-corrected chi connectivity index (χ4v) is 2.60. The standard InChI is InChI=1S/C13H24N4O2S/c1-5-14-9-10-17(6-2)13-8-7-12(11-15-13)20(18,19)16(3)4/h7-8,11,14H,5-6,9-10H2,1-4H3. The largest absolute Gasteiger partial charge is 0.356 e. The van der Waals surface area contributed by atoms with Crippen LogP contribution in [0, 0.1) is 0 Å². The molecule has 1 aromatic rings. The van der Waals surface area contributed by atoms with Crippen LogP contribution in [0.25, 0.3) is 0 Å². The van der Waals surface area contributed by atoms with Crippen LogP contribution in [0.2, 0.25) is 0 Å². The molecule has 0 saturated carbocycles. The maximum Gasteiger partial charge on any atom is 0.244 e. The van der Waals surface area contributed by atoms with Crippen LogP contribution in [0.1, 0.15) is 13.8 Å². The molecule has 0 saturated heterocycles. The van der Waals surface area contributed by atoms with Crippen LogP contribution >= 0.6 is 0 Å². The van der Waals surface area contributed by atoms with Gasteiger partial charge in [0.2, 0.25) is 10.0 Å². The zero-order valence-electron chi connectivity index (χ0n) is 12.6. The first-order valence-electron chi connectivity index (χ1n) is 6.77. The molecule has 0 spiro atoms. The topological polar surface area (TPSA) is 65.5 Å². The van der Waals surface area contributed by atoms with Crippen LogP contribution in [0.4, 0.5) is 5.82 Å². The van der Waals surface area contributed by atoms with Gasteiger partial charge in [-0.2, -0.15) is 0 Å². The van der Waals surface area contributed by atoms with Gasteiger partial charge >= 0.3 is 0 Å². The molecular weight excluding hydrogens is 276 g/mol. The maximum atomic E-state index is 12.0. The third kappa shape index (κ3) is 4.16. The van der Waals surface area contributed by atoms with Gasteiger partial charge in [0.25, 0.3) is 0 Å². The molecule has 1 N–H and O–H groups in total. The Balaban J connectivity index is 2.84. The van der Waals surface area contributed by atoms with Crippen molar-refractivity contribution in [3.8, 4) is 0 Å². The summed E-state index contributed by atoms with van der Waals surface area (Å²) < 4.78 is 25.1. The summed E-state index contributed by atoms with van der Waals surface area (Å²) >= 11 is 0. The monoisotopic (exact) mass is 300 g/mol. The first-order chi connectivity index (χ1) is 9.43. The number of aromatic nitrogens is 1. The highest BCUT2D eigenvalue weighted by molar-refractivity contribution is 7.89. The highest BCUT2D eigenvalue weighted by atomic mass is 32.2. The van der Waals surface area contributed by atoms with Crippen molar-refractivity contribution in [2.45, 2.75) is 18.7 Å². The molecule has 0 fully saturated rings. The van der Waals surface area contributed by atoms with Gasteiger partial charge in [-0.1, -0.05) is 6.92 Å². The minimum atomic E-state index is -3.41. The Morgan fingerprint density at radius 3 is 2.40 bits per heavy atom. The van der Waals surface area contributed by atoms with Crippen LogP contribution in [0.5, 0.6) is 0 Å². The van der Waals surface area contributed by atoms with Crippen LogP contribution in [0.3, 0.4) is 0 Å². The van der Waals surface area contributed by atoms with Gasteiger partial charge < -0.3 is 10.2 Å². The number of nitrogens with one attached hydrogen (secondary N) is 1. The molecule has 0 atom stereocenters. The smallest absolute Gasteiger partial charge is 0.244 e. The zero-order valence-corrected chi connectivity index (χ0v) is 13.4. The molecular formula is C13H24N4O2S. The summed E-state index contributed by atoms with van der Waals surface area (Å²) in [5.74, 6) is 0.795. The number of anilines is 1. The van der Waals surface area contributed by atoms with Crippen molar-refractivity contribution in [1.82, 2.24) is 14.6 Å². The minimum Gasteiger partial charge on any atom is -0.356 e. The highest BCUT2D eigenvalue weighted by Gasteiger charge is 2.17. The molecule has 1 rings (SSSR count). The van der Waals surface area contributed by atoms with Gasteiger partial charge in [0.1, 0.15) is 10.7 Å². The molecule has 7 heteroatoms. The Morgan fingerprint density at radius 2 is 1.95 bits per heavy atom. The second-order valence-electron chi connectivity index (χ2n) is 4.57. The molecule has 0 aliphatic carbocycles. The normalized spacial score (nSPS) is 11.8. The average Bonchev–Trinajstić information content (AvgIpc) is 2.44. The summed E-state index contributed by atoms with van der Waals surface area (Å²) in [6.45, 7) is 7.61. The fraction of sp³-hybridized carbons (Fsp3) is 0.615. The number of hydrogen-bond acceptors (Lipinski definition) is 5. The lowest BCUT2D eigenvalue weighted by Gasteiger charge is -2.22. The van der Waals surface area contributed by atoms with Gasteiger partial charge in [-0.05, 0) is 25.6 Å². The Hall–Kier alpha value is -1.18. The summed E-state index contributed by atoms with van der Waals surface area (Å²) in [6, 6.07) is 3.36. The summed E-state index contributed by atoms with van der Waals surface area (Å²) in [4.78, 5) is 6.59. The third-order valence-corrected chi connectivity index (χ3v) is 4.81. The number of pyridine rings is 1. The molecule has 20 heavy (non-hydrogen) atoms. The Bertz CT molecular complexity index is 500. The number of sulfonamides is 1. The van der Waals surface area contributed by atoms with Gasteiger partial charge in [0.15, 0.2) is 0 Å². The van der Waals surface area contributed by atoms with E-state index in [9.17, 15) is 8.42 Å². The Kier molecular flexibility index (Phi) is 6.38. The number of likely N-dealkylation sites (N-methyl/N-ethyl adjacent to an activating group) is 2. The molecule has 114 valence electrons. The van der Waals surface area contributed by atoms with Gasteiger partial charge in [-0.3, -0.25) is 0 Å². The average molecular weight is 300 g/mol. The van der Waals surface area contributed by atoms with Crippen LogP contribution in [-0.2, 0) is 10.0 Å². The lowest BCUT2D eigenvalue weighted by Crippen LogP contribution is -2.32. The first-order valence-corrected chi connectivity index (χ1v) is 8.21. The Morgan fingerprint density at radius 1 is 1.25 bits per heavy atom. The van der Waals surface area contributed by atoms with Gasteiger partial charge in [-0.25, -0.2) is 17.7 Å². The molecule has 0 radical (unpaired) electrons. The number of hydrogen-bond donors (Lipinski definition) is 1. The zero-order chi connectivity index (χ0) is 15.2. The van der Waals surface area contributed by atoms with E-state index >= 15 is 0 Å². The number of nitrogens with zero attached hydrogens (tertiary/aromatic N) is 3. The van der Waals surface area contributed by atoms with E-state index in [2.05, 4.69) is 29.0 Å². The van der Waals surface area contributed by atoms with E-state index < -0.39 is 10.0 Å². The van der Waals surface area contributed by atoms with Gasteiger partial charge in [-0.15, -0.1) is 0 Å². The van der Waals surface area contributed by atoms with E-state index in [0.29, 0.717) is 0 Å². The fourth-order valence-electron chi connectivity index (χ4n) is 1.75. The van der Waals surface area contributed by atoms with Crippen molar-refractivity contribution in [2.24, 2.45) is 0 Å². The quantitative estimate of drug-likeness (QED) is 0.718. The van der Waals surface area contributed by atoms with E-state index in [4.69, 9.17) is 0 Å². The van der Waals surface area contributed by atoms with Crippen molar-refractivity contribution in [1.29, 1.82) is 0 Å². The maximum absolute atomic E-state index is 12.0. The molecule has 0 aliphatic heterocycles. The van der Waals surface area contributed by atoms with E-state index in [1.807, 2.05) is 0 Å². The van der Waals surface area contributed by atoms with Crippen molar-refractivity contribution in [2.75, 3.05) is 45.2 Å². The molecule has 0 unspecified atom stereocenters. The first kappa shape index (κ1) is 16.9. The Labute approximate surface area is 121 Å². The summed E-state index contributed by atoms with van der Waals surface area (Å²) in [7, 11) is -0.383. The van der Waals surface area contributed by atoms with Crippen molar-refractivity contribution >= 4 is 15.8 Å². The molecule has 0 amide bonds. The van der Waals surface area contributed by atoms with Crippen LogP contribution in [0.15, 0.2) is 23.2 Å². The summed E-state index contributed by atoms with van der Waals surface area (Å²) in [5.41, 5.74) is 0. The number of rotatable bonds is 8. The summed E-state index contributed by atoms with van der Waals surface area (Å²) in [5, 5.41) is 3.26. The lowest BCUT2D eigenvalue weighted by atomic mass is 10.4. The van der Waals surface area contributed by atoms with E-state index in [1.165, 1.54) is 24.6 Å². The van der Waals surface area contributed by atoms with Crippen molar-refractivity contribution in [3.05, 3.63) is 18.3 Å². The second-order valence-corrected chi connectivity index (χ2v) is 6.72. The molecule has 1 aromatic heterocycles. The van der Waals surface area contributed by atoms with Crippen LogP contribution < -0.4 is 10.2 Å². The highest BCUT2D eigenvalue weighted by Crippen LogP contribution is 2.16. The predicted molar refractivity (Wildman–Crippen MR) is 81.5 cm³/mol. The second kappa shape index (κ2) is 7.56. The molecule has 0 aromatic carbocycles. The molecule has 0 bridgehead atoms. The van der Waals surface area contributed by atoms with Gasteiger partial charge in [0, 0.05) is 39.9 Å². The molecule has 0 aliphatic rings. The predicted octanol–water partition coefficient (Wildman–Crippen LogP) is 0.768. The SMILES string of the molecule is CCNCCN(CC)c1ccc(S(=O)(=O)N(C)C)cn1. The van der Waals surface area contributed by atoms with Crippen molar-refractivity contribution in [3.63, 3.8) is 0 Å². The van der Waals surface area contributed by atoms with Crippen molar-refractivity contribution < 1.29 is 8.42 Å². The minimum absolute atomic E-state index is 0.217. The summed E-state index contributed by atoms with van der Waals surface area (Å²) in [6.07, 6.45) is 1.42. The van der Waals surface area contributed by atoms with E-state index in [0.717, 1.165) is 32.0 Å².